The molecule has 1 aliphatic rings. The monoisotopic (exact) mass is 333 g/mol. The van der Waals surface area contributed by atoms with Gasteiger partial charge in [0.15, 0.2) is 0 Å². The Balaban J connectivity index is 0.00000162. The second kappa shape index (κ2) is 8.92. The average molecular weight is 335 g/mol. The molecule has 18 heavy (non-hydrogen) atoms. The van der Waals surface area contributed by atoms with Crippen LogP contribution < -0.4 is 5.32 Å². The Morgan fingerprint density at radius 3 is 2.94 bits per heavy atom. The molecule has 1 heterocycles. The van der Waals surface area contributed by atoms with Gasteiger partial charge >= 0.3 is 0 Å². The molecule has 1 fully saturated rings. The van der Waals surface area contributed by atoms with Crippen LogP contribution in [0.5, 0.6) is 0 Å². The maximum absolute atomic E-state index is 5.72. The third kappa shape index (κ3) is 5.70. The molecule has 0 aromatic heterocycles. The molecule has 1 N–H and O–H groups in total. The molecule has 0 spiro atoms. The second-order valence-corrected chi connectivity index (χ2v) is 5.53. The summed E-state index contributed by atoms with van der Waals surface area (Å²) in [5, 5.41) is 3.54. The van der Waals surface area contributed by atoms with Crippen LogP contribution in [0.2, 0.25) is 0 Å². The van der Waals surface area contributed by atoms with Gasteiger partial charge in [0.1, 0.15) is 0 Å². The van der Waals surface area contributed by atoms with E-state index in [2.05, 4.69) is 33.4 Å². The van der Waals surface area contributed by atoms with Crippen molar-refractivity contribution in [3.8, 4) is 0 Å². The predicted molar refractivity (Wildman–Crippen MR) is 81.3 cm³/mol. The van der Waals surface area contributed by atoms with Gasteiger partial charge in [-0.3, -0.25) is 0 Å². The molecule has 1 aromatic carbocycles. The van der Waals surface area contributed by atoms with Gasteiger partial charge in [0.25, 0.3) is 0 Å². The molecule has 1 saturated heterocycles. The van der Waals surface area contributed by atoms with Crippen molar-refractivity contribution in [3.05, 3.63) is 34.3 Å². The number of halogens is 2. The highest BCUT2D eigenvalue weighted by molar-refractivity contribution is 9.10. The van der Waals surface area contributed by atoms with Crippen LogP contribution in [0.3, 0.4) is 0 Å². The summed E-state index contributed by atoms with van der Waals surface area (Å²) in [4.78, 5) is 0. The van der Waals surface area contributed by atoms with Crippen LogP contribution in [0.15, 0.2) is 28.7 Å². The van der Waals surface area contributed by atoms with Crippen molar-refractivity contribution in [1.29, 1.82) is 0 Å². The van der Waals surface area contributed by atoms with E-state index in [1.54, 1.807) is 0 Å². The molecule has 2 rings (SSSR count). The first-order valence-corrected chi connectivity index (χ1v) is 7.19. The van der Waals surface area contributed by atoms with Gasteiger partial charge in [-0.1, -0.05) is 34.5 Å². The standard InChI is InChI=1S/C14H20BrNO.ClH/c15-13-5-3-4-12(10-13)11-17-9-7-14-6-1-2-8-16-14;/h3-5,10,14,16H,1-2,6-9,11H2;1H. The summed E-state index contributed by atoms with van der Waals surface area (Å²) >= 11 is 3.47. The van der Waals surface area contributed by atoms with Crippen molar-refractivity contribution in [2.75, 3.05) is 13.2 Å². The van der Waals surface area contributed by atoms with Crippen molar-refractivity contribution in [2.45, 2.75) is 38.3 Å². The molecule has 0 bridgehead atoms. The number of hydrogen-bond acceptors (Lipinski definition) is 2. The molecule has 0 aliphatic carbocycles. The SMILES string of the molecule is Brc1cccc(COCCC2CCCCN2)c1.Cl. The normalized spacial score (nSPS) is 19.3. The zero-order valence-electron chi connectivity index (χ0n) is 10.5. The van der Waals surface area contributed by atoms with Crippen LogP contribution in [0, 0.1) is 0 Å². The number of hydrogen-bond donors (Lipinski definition) is 1. The quantitative estimate of drug-likeness (QED) is 0.824. The fourth-order valence-corrected chi connectivity index (χ4v) is 2.66. The highest BCUT2D eigenvalue weighted by Crippen LogP contribution is 2.13. The Morgan fingerprint density at radius 1 is 1.33 bits per heavy atom. The van der Waals surface area contributed by atoms with Gasteiger partial charge in [-0.05, 0) is 43.5 Å². The molecule has 102 valence electrons. The van der Waals surface area contributed by atoms with Crippen LogP contribution in [-0.4, -0.2) is 19.2 Å². The third-order valence-corrected chi connectivity index (χ3v) is 3.67. The van der Waals surface area contributed by atoms with E-state index in [-0.39, 0.29) is 12.4 Å². The molecular formula is C14H21BrClNO. The molecule has 1 aromatic rings. The summed E-state index contributed by atoms with van der Waals surface area (Å²) in [6, 6.07) is 8.97. The number of benzene rings is 1. The first-order chi connectivity index (χ1) is 8.34. The van der Waals surface area contributed by atoms with Gasteiger partial charge in [0, 0.05) is 17.1 Å². The fraction of sp³-hybridized carbons (Fsp3) is 0.571. The van der Waals surface area contributed by atoms with Crippen LogP contribution in [0.25, 0.3) is 0 Å². The minimum Gasteiger partial charge on any atom is -0.377 e. The highest BCUT2D eigenvalue weighted by atomic mass is 79.9. The molecule has 1 atom stereocenters. The van der Waals surface area contributed by atoms with E-state index >= 15 is 0 Å². The summed E-state index contributed by atoms with van der Waals surface area (Å²) in [5.74, 6) is 0. The molecule has 0 radical (unpaired) electrons. The molecule has 0 amide bonds. The predicted octanol–water partition coefficient (Wildman–Crippen LogP) is 3.92. The Kier molecular flexibility index (Phi) is 7.91. The summed E-state index contributed by atoms with van der Waals surface area (Å²) in [5.41, 5.74) is 1.23. The first kappa shape index (κ1) is 16.0. The smallest absolute Gasteiger partial charge is 0.0717 e. The molecule has 1 unspecified atom stereocenters. The second-order valence-electron chi connectivity index (χ2n) is 4.62. The maximum atomic E-state index is 5.72. The van der Waals surface area contributed by atoms with E-state index in [1.807, 2.05) is 12.1 Å². The van der Waals surface area contributed by atoms with Crippen molar-refractivity contribution < 1.29 is 4.74 Å². The molecule has 0 saturated carbocycles. The number of ether oxygens (including phenoxy) is 1. The number of piperidine rings is 1. The van der Waals surface area contributed by atoms with E-state index < -0.39 is 0 Å². The zero-order chi connectivity index (χ0) is 11.9. The fourth-order valence-electron chi connectivity index (χ4n) is 2.21. The lowest BCUT2D eigenvalue weighted by molar-refractivity contribution is 0.108. The van der Waals surface area contributed by atoms with Gasteiger partial charge < -0.3 is 10.1 Å². The van der Waals surface area contributed by atoms with E-state index in [4.69, 9.17) is 4.74 Å². The van der Waals surface area contributed by atoms with Gasteiger partial charge in [-0.2, -0.15) is 0 Å². The lowest BCUT2D eigenvalue weighted by atomic mass is 10.0. The molecule has 1 aliphatic heterocycles. The number of rotatable bonds is 5. The Morgan fingerprint density at radius 2 is 2.22 bits per heavy atom. The van der Waals surface area contributed by atoms with Gasteiger partial charge in [-0.15, -0.1) is 12.4 Å². The van der Waals surface area contributed by atoms with Crippen LogP contribution in [-0.2, 0) is 11.3 Å². The first-order valence-electron chi connectivity index (χ1n) is 6.40. The van der Waals surface area contributed by atoms with Crippen LogP contribution in [0.4, 0.5) is 0 Å². The van der Waals surface area contributed by atoms with Gasteiger partial charge in [0.05, 0.1) is 6.61 Å². The van der Waals surface area contributed by atoms with Gasteiger partial charge in [0.2, 0.25) is 0 Å². The van der Waals surface area contributed by atoms with E-state index in [0.29, 0.717) is 12.6 Å². The Bertz CT molecular complexity index is 342. The maximum Gasteiger partial charge on any atom is 0.0717 e. The summed E-state index contributed by atoms with van der Waals surface area (Å²) in [6.07, 6.45) is 5.13. The van der Waals surface area contributed by atoms with Crippen molar-refractivity contribution in [1.82, 2.24) is 5.32 Å². The average Bonchev–Trinajstić information content (AvgIpc) is 2.36. The topological polar surface area (TPSA) is 21.3 Å². The number of nitrogens with one attached hydrogen (secondary N) is 1. The van der Waals surface area contributed by atoms with E-state index in [9.17, 15) is 0 Å². The van der Waals surface area contributed by atoms with E-state index in [1.165, 1.54) is 31.4 Å². The molecule has 2 nitrogen and oxygen atoms in total. The zero-order valence-corrected chi connectivity index (χ0v) is 12.9. The molecular weight excluding hydrogens is 314 g/mol. The lowest BCUT2D eigenvalue weighted by Crippen LogP contribution is -2.34. The summed E-state index contributed by atoms with van der Waals surface area (Å²) in [6.45, 7) is 2.74. The van der Waals surface area contributed by atoms with Gasteiger partial charge in [-0.25, -0.2) is 0 Å². The van der Waals surface area contributed by atoms with Crippen LogP contribution in [0.1, 0.15) is 31.2 Å². The Hall–Kier alpha value is -0.0900. The minimum atomic E-state index is 0. The summed E-state index contributed by atoms with van der Waals surface area (Å²) in [7, 11) is 0. The highest BCUT2D eigenvalue weighted by Gasteiger charge is 2.11. The molecule has 4 heteroatoms. The van der Waals surface area contributed by atoms with Crippen molar-refractivity contribution >= 4 is 28.3 Å². The van der Waals surface area contributed by atoms with E-state index in [0.717, 1.165) is 17.5 Å². The Labute approximate surface area is 124 Å². The summed E-state index contributed by atoms with van der Waals surface area (Å²) < 4.78 is 6.83. The minimum absolute atomic E-state index is 0. The largest absolute Gasteiger partial charge is 0.377 e. The third-order valence-electron chi connectivity index (χ3n) is 3.18. The lowest BCUT2D eigenvalue weighted by Gasteiger charge is -2.23. The van der Waals surface area contributed by atoms with Crippen LogP contribution >= 0.6 is 28.3 Å². The van der Waals surface area contributed by atoms with Crippen molar-refractivity contribution in [3.63, 3.8) is 0 Å². The van der Waals surface area contributed by atoms with Crippen molar-refractivity contribution in [2.24, 2.45) is 0 Å².